The van der Waals surface area contributed by atoms with E-state index < -0.39 is 6.04 Å². The summed E-state index contributed by atoms with van der Waals surface area (Å²) >= 11 is 1.40. The quantitative estimate of drug-likeness (QED) is 0.519. The van der Waals surface area contributed by atoms with Crippen LogP contribution in [-0.2, 0) is 4.79 Å². The largest absolute Gasteiger partial charge is 0.346 e. The molecule has 2 aromatic rings. The molecule has 0 aliphatic heterocycles. The number of nitrogens with two attached hydrogens (primary N) is 1. The van der Waals surface area contributed by atoms with Crippen molar-refractivity contribution in [3.05, 3.63) is 29.3 Å². The molecular formula is C20H27N3O2S. The van der Waals surface area contributed by atoms with Gasteiger partial charge in [-0.15, -0.1) is 11.3 Å². The maximum Gasteiger partial charge on any atom is 0.223 e. The molecule has 1 fully saturated rings. The molecule has 1 atom stereocenters. The molecule has 1 amide bonds. The van der Waals surface area contributed by atoms with Crippen LogP contribution in [0, 0.1) is 5.92 Å². The van der Waals surface area contributed by atoms with Gasteiger partial charge in [-0.2, -0.15) is 0 Å². The molecule has 1 heterocycles. The highest BCUT2D eigenvalue weighted by Crippen LogP contribution is 2.26. The third-order valence-corrected chi connectivity index (χ3v) is 6.11. The van der Waals surface area contributed by atoms with Crippen LogP contribution in [0.4, 0.5) is 0 Å². The van der Waals surface area contributed by atoms with Gasteiger partial charge in [0.25, 0.3) is 0 Å². The van der Waals surface area contributed by atoms with E-state index in [2.05, 4.69) is 10.3 Å². The third kappa shape index (κ3) is 4.68. The van der Waals surface area contributed by atoms with Gasteiger partial charge in [-0.3, -0.25) is 9.59 Å². The number of hydrogen-bond donors (Lipinski definition) is 2. The number of carbonyl (C=O) groups is 2. The van der Waals surface area contributed by atoms with E-state index in [1.54, 1.807) is 0 Å². The van der Waals surface area contributed by atoms with Crippen LogP contribution in [0.15, 0.2) is 24.3 Å². The zero-order valence-corrected chi connectivity index (χ0v) is 15.9. The maximum atomic E-state index is 13.0. The monoisotopic (exact) mass is 373 g/mol. The fourth-order valence-electron chi connectivity index (χ4n) is 3.54. The summed E-state index contributed by atoms with van der Waals surface area (Å²) in [6.45, 7) is 0.658. The number of amides is 1. The van der Waals surface area contributed by atoms with Gasteiger partial charge < -0.3 is 11.1 Å². The van der Waals surface area contributed by atoms with Gasteiger partial charge in [-0.05, 0) is 44.4 Å². The van der Waals surface area contributed by atoms with E-state index in [0.29, 0.717) is 18.0 Å². The van der Waals surface area contributed by atoms with Gasteiger partial charge >= 0.3 is 0 Å². The van der Waals surface area contributed by atoms with Gasteiger partial charge in [0.1, 0.15) is 0 Å². The van der Waals surface area contributed by atoms with Crippen molar-refractivity contribution in [1.29, 1.82) is 0 Å². The molecule has 6 heteroatoms. The Kier molecular flexibility index (Phi) is 6.74. The van der Waals surface area contributed by atoms with E-state index in [4.69, 9.17) is 5.73 Å². The maximum absolute atomic E-state index is 13.0. The summed E-state index contributed by atoms with van der Waals surface area (Å²) in [4.78, 5) is 30.1. The Balaban J connectivity index is 1.71. The molecule has 0 bridgehead atoms. The van der Waals surface area contributed by atoms with Crippen molar-refractivity contribution >= 4 is 33.2 Å². The van der Waals surface area contributed by atoms with Crippen LogP contribution in [0.5, 0.6) is 0 Å². The van der Waals surface area contributed by atoms with Crippen molar-refractivity contribution < 1.29 is 9.59 Å². The second-order valence-electron chi connectivity index (χ2n) is 7.03. The van der Waals surface area contributed by atoms with Crippen molar-refractivity contribution in [2.75, 3.05) is 6.54 Å². The number of carbonyl (C=O) groups excluding carboxylic acids is 2. The smallest absolute Gasteiger partial charge is 0.223 e. The van der Waals surface area contributed by atoms with Gasteiger partial charge in [-0.1, -0.05) is 37.8 Å². The van der Waals surface area contributed by atoms with Gasteiger partial charge in [0.2, 0.25) is 11.7 Å². The Bertz CT molecular complexity index is 719. The fourth-order valence-corrected chi connectivity index (χ4v) is 4.50. The summed E-state index contributed by atoms with van der Waals surface area (Å²) in [5.74, 6) is 0.0239. The number of unbranched alkanes of at least 4 members (excludes halogenated alkanes) is 2. The summed E-state index contributed by atoms with van der Waals surface area (Å²) in [5.41, 5.74) is 6.40. The van der Waals surface area contributed by atoms with Crippen LogP contribution >= 0.6 is 11.3 Å². The lowest BCUT2D eigenvalue weighted by atomic mass is 10.0. The van der Waals surface area contributed by atoms with E-state index >= 15 is 0 Å². The zero-order chi connectivity index (χ0) is 18.4. The average Bonchev–Trinajstić information content (AvgIpc) is 3.33. The first-order chi connectivity index (χ1) is 12.7. The number of rotatable bonds is 9. The van der Waals surface area contributed by atoms with Crippen LogP contribution in [-0.4, -0.2) is 29.3 Å². The highest BCUT2D eigenvalue weighted by molar-refractivity contribution is 7.20. The summed E-state index contributed by atoms with van der Waals surface area (Å²) in [5, 5.41) is 3.51. The van der Waals surface area contributed by atoms with Crippen molar-refractivity contribution in [1.82, 2.24) is 10.3 Å². The molecule has 1 aliphatic rings. The first-order valence-corrected chi connectivity index (χ1v) is 10.4. The fraction of sp³-hybridized carbons (Fsp3) is 0.550. The van der Waals surface area contributed by atoms with Gasteiger partial charge in [0.05, 0.1) is 16.3 Å². The summed E-state index contributed by atoms with van der Waals surface area (Å²) < 4.78 is 1.000. The topological polar surface area (TPSA) is 85.1 Å². The number of Topliss-reactive ketones (excluding diaryl/α,β-unsaturated/α-hetero) is 1. The summed E-state index contributed by atoms with van der Waals surface area (Å²) in [6.07, 6.45) is 7.51. The second kappa shape index (κ2) is 9.24. The lowest BCUT2D eigenvalue weighted by molar-refractivity contribution is -0.125. The SMILES string of the molecule is NCCCCC[C@H](NC(=O)C1CCCC1)C(=O)c1nc2ccccc2s1. The number of thiazole rings is 1. The Labute approximate surface area is 158 Å². The number of para-hydroxylation sites is 1. The number of ketones is 1. The van der Waals surface area contributed by atoms with E-state index in [1.165, 1.54) is 11.3 Å². The molecule has 1 aliphatic carbocycles. The predicted octanol–water partition coefficient (Wildman–Crippen LogP) is 3.67. The number of fused-ring (bicyclic) bond motifs is 1. The van der Waals surface area contributed by atoms with Gasteiger partial charge in [0.15, 0.2) is 5.01 Å². The minimum Gasteiger partial charge on any atom is -0.346 e. The molecular weight excluding hydrogens is 346 g/mol. The Morgan fingerprint density at radius 1 is 1.19 bits per heavy atom. The number of nitrogens with zero attached hydrogens (tertiary/aromatic N) is 1. The molecule has 3 rings (SSSR count). The number of hydrogen-bond acceptors (Lipinski definition) is 5. The van der Waals surface area contributed by atoms with Crippen LogP contribution in [0.25, 0.3) is 10.2 Å². The normalized spacial score (nSPS) is 16.0. The molecule has 1 saturated carbocycles. The molecule has 1 aromatic carbocycles. The lowest BCUT2D eigenvalue weighted by Gasteiger charge is -2.19. The first kappa shape index (κ1) is 19.0. The lowest BCUT2D eigenvalue weighted by Crippen LogP contribution is -2.43. The molecule has 0 spiro atoms. The van der Waals surface area contributed by atoms with Crippen molar-refractivity contribution in [3.8, 4) is 0 Å². The highest BCUT2D eigenvalue weighted by Gasteiger charge is 2.29. The molecule has 5 nitrogen and oxygen atoms in total. The number of benzene rings is 1. The minimum absolute atomic E-state index is 0.0285. The molecule has 1 aromatic heterocycles. The molecule has 26 heavy (non-hydrogen) atoms. The predicted molar refractivity (Wildman–Crippen MR) is 105 cm³/mol. The molecule has 0 radical (unpaired) electrons. The standard InChI is InChI=1S/C20H27N3O2S/c21-13-7-1-2-11-16(22-19(25)14-8-3-4-9-14)18(24)20-23-15-10-5-6-12-17(15)26-20/h5-6,10,12,14,16H,1-4,7-9,11,13,21H2,(H,22,25)/t16-/m0/s1. The number of aromatic nitrogens is 1. The Hall–Kier alpha value is -1.79. The van der Waals surface area contributed by atoms with E-state index in [1.807, 2.05) is 24.3 Å². The molecule has 3 N–H and O–H groups in total. The molecule has 140 valence electrons. The van der Waals surface area contributed by atoms with Crippen LogP contribution in [0.3, 0.4) is 0 Å². The Morgan fingerprint density at radius 2 is 1.96 bits per heavy atom. The van der Waals surface area contributed by atoms with Crippen LogP contribution in [0.1, 0.15) is 61.2 Å². The average molecular weight is 374 g/mol. The van der Waals surface area contributed by atoms with Gasteiger partial charge in [0, 0.05) is 5.92 Å². The minimum atomic E-state index is -0.485. The third-order valence-electron chi connectivity index (χ3n) is 5.06. The Morgan fingerprint density at radius 3 is 2.69 bits per heavy atom. The summed E-state index contributed by atoms with van der Waals surface area (Å²) in [7, 11) is 0. The van der Waals surface area contributed by atoms with E-state index in [9.17, 15) is 9.59 Å². The van der Waals surface area contributed by atoms with Crippen molar-refractivity contribution in [3.63, 3.8) is 0 Å². The highest BCUT2D eigenvalue weighted by atomic mass is 32.1. The molecule has 0 saturated heterocycles. The molecule has 0 unspecified atom stereocenters. The first-order valence-electron chi connectivity index (χ1n) is 9.59. The summed E-state index contributed by atoms with van der Waals surface area (Å²) in [6, 6.07) is 7.26. The van der Waals surface area contributed by atoms with Crippen LogP contribution < -0.4 is 11.1 Å². The zero-order valence-electron chi connectivity index (χ0n) is 15.1. The van der Waals surface area contributed by atoms with Gasteiger partial charge in [-0.25, -0.2) is 4.98 Å². The number of nitrogens with one attached hydrogen (secondary N) is 1. The van der Waals surface area contributed by atoms with E-state index in [-0.39, 0.29) is 17.6 Å². The second-order valence-corrected chi connectivity index (χ2v) is 8.06. The van der Waals surface area contributed by atoms with Crippen molar-refractivity contribution in [2.45, 2.75) is 57.4 Å². The van der Waals surface area contributed by atoms with Crippen molar-refractivity contribution in [2.24, 2.45) is 11.7 Å². The van der Waals surface area contributed by atoms with Crippen LogP contribution in [0.2, 0.25) is 0 Å². The van der Waals surface area contributed by atoms with E-state index in [0.717, 1.165) is 55.2 Å².